The van der Waals surface area contributed by atoms with E-state index in [0.29, 0.717) is 38.3 Å². The first-order chi connectivity index (χ1) is 15.2. The highest BCUT2D eigenvalue weighted by atomic mass is 16.5. The predicted molar refractivity (Wildman–Crippen MR) is 111 cm³/mol. The Morgan fingerprint density at radius 1 is 1.23 bits per heavy atom. The van der Waals surface area contributed by atoms with E-state index in [9.17, 15) is 9.59 Å². The van der Waals surface area contributed by atoms with E-state index in [1.807, 2.05) is 36.4 Å². The quantitative estimate of drug-likeness (QED) is 0.669. The zero-order chi connectivity index (χ0) is 21.0. The number of hydrogen-bond acceptors (Lipinski definition) is 5. The lowest BCUT2D eigenvalue weighted by atomic mass is 9.73. The molecule has 3 aromatic rings. The molecule has 2 aromatic heterocycles. The Hall–Kier alpha value is -3.52. The van der Waals surface area contributed by atoms with Crippen LogP contribution in [0.15, 0.2) is 48.8 Å². The van der Waals surface area contributed by atoms with Gasteiger partial charge in [0.15, 0.2) is 5.69 Å². The van der Waals surface area contributed by atoms with Gasteiger partial charge in [0.25, 0.3) is 5.91 Å². The highest BCUT2D eigenvalue weighted by Crippen LogP contribution is 2.54. The maximum Gasteiger partial charge on any atom is 0.275 e. The zero-order valence-corrected chi connectivity index (χ0v) is 16.8. The van der Waals surface area contributed by atoms with Crippen LogP contribution >= 0.6 is 0 Å². The molecule has 8 nitrogen and oxygen atoms in total. The van der Waals surface area contributed by atoms with E-state index in [0.717, 1.165) is 28.1 Å². The monoisotopic (exact) mass is 415 g/mol. The maximum absolute atomic E-state index is 13.8. The molecule has 0 aliphatic carbocycles. The van der Waals surface area contributed by atoms with Crippen LogP contribution in [0.1, 0.15) is 45.3 Å². The lowest BCUT2D eigenvalue weighted by Crippen LogP contribution is -2.43. The first-order valence-corrected chi connectivity index (χ1v) is 10.5. The Bertz CT molecular complexity index is 1190. The molecule has 1 saturated heterocycles. The van der Waals surface area contributed by atoms with Crippen LogP contribution in [0.2, 0.25) is 0 Å². The highest BCUT2D eigenvalue weighted by molar-refractivity contribution is 6.08. The summed E-state index contributed by atoms with van der Waals surface area (Å²) in [6.45, 7) is 1.43. The number of nitrogens with one attached hydrogen (secondary N) is 2. The van der Waals surface area contributed by atoms with Crippen molar-refractivity contribution in [3.05, 3.63) is 76.9 Å². The minimum atomic E-state index is -0.859. The predicted octanol–water partition coefficient (Wildman–Crippen LogP) is 2.35. The number of aromatic amines is 1. The summed E-state index contributed by atoms with van der Waals surface area (Å²) >= 11 is 0. The fraction of sp³-hybridized carbons (Fsp3) is 0.304. The Labute approximate surface area is 178 Å². The number of anilines is 1. The van der Waals surface area contributed by atoms with E-state index >= 15 is 0 Å². The highest BCUT2D eigenvalue weighted by Gasteiger charge is 2.59. The molecule has 3 aliphatic heterocycles. The van der Waals surface area contributed by atoms with E-state index in [-0.39, 0.29) is 11.8 Å². The van der Waals surface area contributed by atoms with E-state index in [4.69, 9.17) is 4.74 Å². The van der Waals surface area contributed by atoms with Crippen LogP contribution in [-0.4, -0.2) is 45.0 Å². The lowest BCUT2D eigenvalue weighted by Gasteiger charge is -2.34. The van der Waals surface area contributed by atoms with Crippen molar-refractivity contribution >= 4 is 17.5 Å². The standard InChI is InChI=1S/C23H21N5O3/c29-21(19-15-13-31-11-7-17(15)26-27-19)28-10-8-23(20(28)14-4-3-9-24-12-14)16-5-1-2-6-18(16)25-22(23)30/h1-6,9,12,20H,7-8,10-11,13H2,(H,25,30)(H,26,27). The van der Waals surface area contributed by atoms with Gasteiger partial charge in [-0.3, -0.25) is 19.7 Å². The molecule has 3 aliphatic rings. The van der Waals surface area contributed by atoms with E-state index in [1.165, 1.54) is 0 Å². The molecule has 0 saturated carbocycles. The third kappa shape index (κ3) is 2.51. The minimum Gasteiger partial charge on any atom is -0.376 e. The normalized spacial score (nSPS) is 24.2. The number of aromatic nitrogens is 3. The fourth-order valence-corrected chi connectivity index (χ4v) is 5.33. The average Bonchev–Trinajstić information content (AvgIpc) is 3.49. The van der Waals surface area contributed by atoms with Crippen molar-refractivity contribution in [2.24, 2.45) is 0 Å². The largest absolute Gasteiger partial charge is 0.376 e. The molecule has 5 heterocycles. The Morgan fingerprint density at radius 3 is 3.00 bits per heavy atom. The molecule has 156 valence electrons. The van der Waals surface area contributed by atoms with Gasteiger partial charge in [0.1, 0.15) is 5.41 Å². The summed E-state index contributed by atoms with van der Waals surface area (Å²) in [5.74, 6) is -0.267. The summed E-state index contributed by atoms with van der Waals surface area (Å²) in [5, 5.41) is 10.4. The summed E-state index contributed by atoms with van der Waals surface area (Å²) in [7, 11) is 0. The molecular weight excluding hydrogens is 394 g/mol. The Morgan fingerprint density at radius 2 is 2.13 bits per heavy atom. The van der Waals surface area contributed by atoms with Crippen LogP contribution in [0.3, 0.4) is 0 Å². The molecular formula is C23H21N5O3. The van der Waals surface area contributed by atoms with Gasteiger partial charge in [-0.25, -0.2) is 0 Å². The van der Waals surface area contributed by atoms with Crippen LogP contribution in [0.25, 0.3) is 0 Å². The second kappa shape index (κ2) is 6.75. The first kappa shape index (κ1) is 18.3. The molecule has 1 spiro atoms. The number of rotatable bonds is 2. The van der Waals surface area contributed by atoms with E-state index in [2.05, 4.69) is 20.5 Å². The second-order valence-electron chi connectivity index (χ2n) is 8.24. The second-order valence-corrected chi connectivity index (χ2v) is 8.24. The summed E-state index contributed by atoms with van der Waals surface area (Å²) < 4.78 is 5.57. The molecule has 2 unspecified atom stereocenters. The fourth-order valence-electron chi connectivity index (χ4n) is 5.33. The number of benzene rings is 1. The van der Waals surface area contributed by atoms with Gasteiger partial charge in [-0.2, -0.15) is 5.10 Å². The van der Waals surface area contributed by atoms with Gasteiger partial charge in [0.2, 0.25) is 5.91 Å². The number of nitrogens with zero attached hydrogens (tertiary/aromatic N) is 3. The number of carbonyl (C=O) groups excluding carboxylic acids is 2. The van der Waals surface area contributed by atoms with E-state index in [1.54, 1.807) is 17.3 Å². The minimum absolute atomic E-state index is 0.0785. The van der Waals surface area contributed by atoms with Gasteiger partial charge in [-0.05, 0) is 29.7 Å². The number of likely N-dealkylation sites (tertiary alicyclic amines) is 1. The van der Waals surface area contributed by atoms with Gasteiger partial charge in [-0.1, -0.05) is 24.3 Å². The molecule has 6 rings (SSSR count). The number of ether oxygens (including phenoxy) is 1. The van der Waals surface area contributed by atoms with E-state index < -0.39 is 11.5 Å². The maximum atomic E-state index is 13.8. The van der Waals surface area contributed by atoms with Gasteiger partial charge < -0.3 is 15.0 Å². The van der Waals surface area contributed by atoms with Crippen LogP contribution in [0, 0.1) is 0 Å². The van der Waals surface area contributed by atoms with Crippen LogP contribution in [0.4, 0.5) is 5.69 Å². The number of hydrogen-bond donors (Lipinski definition) is 2. The van der Waals surface area contributed by atoms with Gasteiger partial charge in [-0.15, -0.1) is 0 Å². The molecule has 8 heteroatoms. The van der Waals surface area contributed by atoms with Gasteiger partial charge >= 0.3 is 0 Å². The topological polar surface area (TPSA) is 100 Å². The van der Waals surface area contributed by atoms with Crippen molar-refractivity contribution in [1.29, 1.82) is 0 Å². The van der Waals surface area contributed by atoms with Gasteiger partial charge in [0.05, 0.1) is 19.3 Å². The van der Waals surface area contributed by atoms with Crippen molar-refractivity contribution < 1.29 is 14.3 Å². The molecule has 31 heavy (non-hydrogen) atoms. The van der Waals surface area contributed by atoms with Gasteiger partial charge in [0, 0.05) is 42.3 Å². The number of carbonyl (C=O) groups is 2. The average molecular weight is 415 g/mol. The first-order valence-electron chi connectivity index (χ1n) is 10.5. The van der Waals surface area contributed by atoms with Crippen molar-refractivity contribution in [2.45, 2.75) is 30.9 Å². The summed E-state index contributed by atoms with van der Waals surface area (Å²) in [6, 6.07) is 11.0. The van der Waals surface area contributed by atoms with Crippen LogP contribution < -0.4 is 5.32 Å². The van der Waals surface area contributed by atoms with Crippen molar-refractivity contribution in [2.75, 3.05) is 18.5 Å². The number of fused-ring (bicyclic) bond motifs is 3. The summed E-state index contributed by atoms with van der Waals surface area (Å²) in [6.07, 6.45) is 4.68. The third-order valence-electron chi connectivity index (χ3n) is 6.75. The Balaban J connectivity index is 1.49. The molecule has 1 aromatic carbocycles. The van der Waals surface area contributed by atoms with Crippen molar-refractivity contribution in [3.8, 4) is 0 Å². The third-order valence-corrected chi connectivity index (χ3v) is 6.75. The SMILES string of the molecule is O=C(c1n[nH]c2c1COCC2)N1CCC2(C(=O)Nc3ccccc32)C1c1cccnc1. The number of H-pyrrole nitrogens is 1. The zero-order valence-electron chi connectivity index (χ0n) is 16.8. The lowest BCUT2D eigenvalue weighted by molar-refractivity contribution is -0.121. The summed E-state index contributed by atoms with van der Waals surface area (Å²) in [5.41, 5.74) is 3.86. The van der Waals surface area contributed by atoms with Crippen LogP contribution in [0.5, 0.6) is 0 Å². The smallest absolute Gasteiger partial charge is 0.275 e. The molecule has 2 atom stereocenters. The van der Waals surface area contributed by atoms with Crippen molar-refractivity contribution in [3.63, 3.8) is 0 Å². The van der Waals surface area contributed by atoms with Crippen molar-refractivity contribution in [1.82, 2.24) is 20.1 Å². The number of amides is 2. The molecule has 1 fully saturated rings. The number of pyridine rings is 1. The molecule has 0 radical (unpaired) electrons. The molecule has 0 bridgehead atoms. The Kier molecular flexibility index (Phi) is 3.97. The van der Waals surface area contributed by atoms with Crippen LogP contribution in [-0.2, 0) is 28.0 Å². The summed E-state index contributed by atoms with van der Waals surface area (Å²) in [4.78, 5) is 33.2. The number of para-hydroxylation sites is 1. The molecule has 2 amide bonds. The molecule has 2 N–H and O–H groups in total.